The van der Waals surface area contributed by atoms with Crippen molar-refractivity contribution in [1.82, 2.24) is 0 Å². The van der Waals surface area contributed by atoms with Crippen LogP contribution in [0.1, 0.15) is 68.8 Å². The molecule has 0 spiro atoms. The minimum atomic E-state index is -0.241. The molecular formula is C20H27NO3. The van der Waals surface area contributed by atoms with Gasteiger partial charge in [-0.3, -0.25) is 0 Å². The van der Waals surface area contributed by atoms with E-state index in [9.17, 15) is 4.79 Å². The third-order valence-corrected chi connectivity index (χ3v) is 4.82. The number of carbonyl (C=O) groups is 1. The molecule has 4 nitrogen and oxygen atoms in total. The summed E-state index contributed by atoms with van der Waals surface area (Å²) in [5.41, 5.74) is 1.49. The molecule has 1 saturated carbocycles. The van der Waals surface area contributed by atoms with Gasteiger partial charge in [0.15, 0.2) is 0 Å². The lowest BCUT2D eigenvalue weighted by molar-refractivity contribution is 0.0211. The van der Waals surface area contributed by atoms with E-state index >= 15 is 0 Å². The number of nitrogens with zero attached hydrogens (tertiary/aromatic N) is 1. The molecule has 1 aliphatic heterocycles. The zero-order valence-electron chi connectivity index (χ0n) is 14.9. The first-order valence-electron chi connectivity index (χ1n) is 8.95. The number of hydrogen-bond acceptors (Lipinski definition) is 4. The summed E-state index contributed by atoms with van der Waals surface area (Å²) in [5.74, 6) is 0.386. The Bertz CT molecular complexity index is 624. The van der Waals surface area contributed by atoms with Crippen LogP contribution >= 0.6 is 0 Å². The molecule has 2 aliphatic rings. The van der Waals surface area contributed by atoms with Gasteiger partial charge in [0, 0.05) is 5.56 Å². The van der Waals surface area contributed by atoms with Crippen LogP contribution in [0.2, 0.25) is 0 Å². The van der Waals surface area contributed by atoms with E-state index in [-0.39, 0.29) is 23.5 Å². The SMILES string of the molecule is CC(C)(C)C1COC(c2cccc(C(=O)OC3CCCCC3)c2)=N1. The molecule has 1 aliphatic carbocycles. The third-order valence-electron chi connectivity index (χ3n) is 4.82. The fourth-order valence-electron chi connectivity index (χ4n) is 3.16. The Morgan fingerprint density at radius 1 is 1.21 bits per heavy atom. The van der Waals surface area contributed by atoms with Gasteiger partial charge in [0.05, 0.1) is 11.6 Å². The van der Waals surface area contributed by atoms with Crippen LogP contribution in [0.25, 0.3) is 0 Å². The lowest BCUT2D eigenvalue weighted by Gasteiger charge is -2.22. The lowest BCUT2D eigenvalue weighted by atomic mass is 9.88. The van der Waals surface area contributed by atoms with Crippen LogP contribution < -0.4 is 0 Å². The van der Waals surface area contributed by atoms with Crippen molar-refractivity contribution >= 4 is 11.9 Å². The smallest absolute Gasteiger partial charge is 0.338 e. The molecule has 0 aromatic heterocycles. The first-order chi connectivity index (χ1) is 11.4. The first kappa shape index (κ1) is 17.0. The number of rotatable bonds is 3. The van der Waals surface area contributed by atoms with Crippen molar-refractivity contribution in [1.29, 1.82) is 0 Å². The van der Waals surface area contributed by atoms with E-state index in [1.165, 1.54) is 6.42 Å². The molecule has 0 saturated heterocycles. The van der Waals surface area contributed by atoms with E-state index in [1.807, 2.05) is 18.2 Å². The largest absolute Gasteiger partial charge is 0.475 e. The number of carbonyl (C=O) groups excluding carboxylic acids is 1. The Morgan fingerprint density at radius 3 is 2.62 bits per heavy atom. The molecule has 0 bridgehead atoms. The zero-order valence-corrected chi connectivity index (χ0v) is 14.9. The molecule has 24 heavy (non-hydrogen) atoms. The Hall–Kier alpha value is -1.84. The van der Waals surface area contributed by atoms with E-state index in [1.54, 1.807) is 6.07 Å². The van der Waals surface area contributed by atoms with Gasteiger partial charge >= 0.3 is 5.97 Å². The maximum atomic E-state index is 12.4. The fourth-order valence-corrected chi connectivity index (χ4v) is 3.16. The summed E-state index contributed by atoms with van der Waals surface area (Å²) < 4.78 is 11.4. The van der Waals surface area contributed by atoms with Crippen LogP contribution in [0.15, 0.2) is 29.3 Å². The van der Waals surface area contributed by atoms with Gasteiger partial charge < -0.3 is 9.47 Å². The van der Waals surface area contributed by atoms with Gasteiger partial charge in [-0.1, -0.05) is 33.3 Å². The van der Waals surface area contributed by atoms with Crippen LogP contribution in [0.3, 0.4) is 0 Å². The van der Waals surface area contributed by atoms with Gasteiger partial charge in [0.25, 0.3) is 0 Å². The van der Waals surface area contributed by atoms with Crippen molar-refractivity contribution < 1.29 is 14.3 Å². The van der Waals surface area contributed by atoms with Gasteiger partial charge in [-0.2, -0.15) is 0 Å². The van der Waals surface area contributed by atoms with Gasteiger partial charge in [0.2, 0.25) is 5.90 Å². The molecule has 130 valence electrons. The molecule has 1 fully saturated rings. The van der Waals surface area contributed by atoms with Crippen LogP contribution in [0, 0.1) is 5.41 Å². The summed E-state index contributed by atoms with van der Waals surface area (Å²) >= 11 is 0. The quantitative estimate of drug-likeness (QED) is 0.774. The molecule has 1 aromatic carbocycles. The number of hydrogen-bond donors (Lipinski definition) is 0. The Balaban J connectivity index is 1.71. The molecular weight excluding hydrogens is 302 g/mol. The van der Waals surface area contributed by atoms with Crippen molar-refractivity contribution in [2.24, 2.45) is 10.4 Å². The molecule has 3 rings (SSSR count). The molecule has 1 unspecified atom stereocenters. The van der Waals surface area contributed by atoms with Crippen molar-refractivity contribution in [3.63, 3.8) is 0 Å². The Morgan fingerprint density at radius 2 is 1.96 bits per heavy atom. The predicted molar refractivity (Wildman–Crippen MR) is 94.5 cm³/mol. The minimum Gasteiger partial charge on any atom is -0.475 e. The van der Waals surface area contributed by atoms with E-state index < -0.39 is 0 Å². The summed E-state index contributed by atoms with van der Waals surface area (Å²) in [4.78, 5) is 17.1. The monoisotopic (exact) mass is 329 g/mol. The third kappa shape index (κ3) is 3.97. The topological polar surface area (TPSA) is 47.9 Å². The van der Waals surface area contributed by atoms with Gasteiger partial charge in [0.1, 0.15) is 12.7 Å². The van der Waals surface area contributed by atoms with E-state index in [0.29, 0.717) is 18.1 Å². The molecule has 1 aromatic rings. The molecule has 0 N–H and O–H groups in total. The average molecular weight is 329 g/mol. The van der Waals surface area contributed by atoms with E-state index in [2.05, 4.69) is 25.8 Å². The van der Waals surface area contributed by atoms with Gasteiger partial charge in [-0.15, -0.1) is 0 Å². The predicted octanol–water partition coefficient (Wildman–Crippen LogP) is 4.37. The summed E-state index contributed by atoms with van der Waals surface area (Å²) in [5, 5.41) is 0. The van der Waals surface area contributed by atoms with Gasteiger partial charge in [-0.05, 0) is 49.3 Å². The van der Waals surface area contributed by atoms with Crippen LogP contribution in [0.4, 0.5) is 0 Å². The van der Waals surface area contributed by atoms with E-state index in [0.717, 1.165) is 31.2 Å². The fraction of sp³-hybridized carbons (Fsp3) is 0.600. The number of benzene rings is 1. The van der Waals surface area contributed by atoms with Crippen molar-refractivity contribution in [2.45, 2.75) is 65.0 Å². The Kier molecular flexibility index (Phi) is 4.93. The second-order valence-corrected chi connectivity index (χ2v) is 7.87. The van der Waals surface area contributed by atoms with Crippen molar-refractivity contribution in [3.05, 3.63) is 35.4 Å². The average Bonchev–Trinajstić information content (AvgIpc) is 3.06. The standard InChI is InChI=1S/C20H27NO3/c1-20(2,3)17-13-23-18(21-17)14-8-7-9-15(12-14)19(22)24-16-10-5-4-6-11-16/h7-9,12,16-17H,4-6,10-11,13H2,1-3H3. The lowest BCUT2D eigenvalue weighted by Crippen LogP contribution is -2.25. The highest BCUT2D eigenvalue weighted by molar-refractivity contribution is 5.98. The second kappa shape index (κ2) is 6.96. The van der Waals surface area contributed by atoms with E-state index in [4.69, 9.17) is 9.47 Å². The highest BCUT2D eigenvalue weighted by Gasteiger charge is 2.31. The van der Waals surface area contributed by atoms with Crippen molar-refractivity contribution in [2.75, 3.05) is 6.61 Å². The molecule has 1 heterocycles. The van der Waals surface area contributed by atoms with Crippen molar-refractivity contribution in [3.8, 4) is 0 Å². The molecule has 0 radical (unpaired) electrons. The highest BCUT2D eigenvalue weighted by atomic mass is 16.5. The molecule has 0 amide bonds. The van der Waals surface area contributed by atoms with Crippen LogP contribution in [-0.2, 0) is 9.47 Å². The number of esters is 1. The maximum Gasteiger partial charge on any atom is 0.338 e. The summed E-state index contributed by atoms with van der Waals surface area (Å²) in [6, 6.07) is 7.57. The number of ether oxygens (including phenoxy) is 2. The van der Waals surface area contributed by atoms with Crippen LogP contribution in [0.5, 0.6) is 0 Å². The van der Waals surface area contributed by atoms with Gasteiger partial charge in [-0.25, -0.2) is 9.79 Å². The molecule has 1 atom stereocenters. The minimum absolute atomic E-state index is 0.0687. The summed E-state index contributed by atoms with van der Waals surface area (Å²) in [6.45, 7) is 7.07. The highest BCUT2D eigenvalue weighted by Crippen LogP contribution is 2.28. The second-order valence-electron chi connectivity index (χ2n) is 7.87. The molecule has 4 heteroatoms. The summed E-state index contributed by atoms with van der Waals surface area (Å²) in [6.07, 6.45) is 5.58. The summed E-state index contributed by atoms with van der Waals surface area (Å²) in [7, 11) is 0. The number of aliphatic imine (C=N–C) groups is 1. The maximum absolute atomic E-state index is 12.4. The Labute approximate surface area is 144 Å². The first-order valence-corrected chi connectivity index (χ1v) is 8.95. The normalized spacial score (nSPS) is 22.0. The zero-order chi connectivity index (χ0) is 17.2. The van der Waals surface area contributed by atoms with Crippen LogP contribution in [-0.4, -0.2) is 30.6 Å².